The molecule has 0 aliphatic carbocycles. The third kappa shape index (κ3) is 5.30. The Morgan fingerprint density at radius 2 is 2.00 bits per heavy atom. The number of aliphatic hydroxyl groups is 1. The maximum atomic E-state index is 10.4. The van der Waals surface area contributed by atoms with Gasteiger partial charge < -0.3 is 19.5 Å². The van der Waals surface area contributed by atoms with E-state index < -0.39 is 6.10 Å². The SMILES string of the molecule is C=C1C[C@H](C)O[C@@H](c2ccccc2OC[C@H](O)C[NH+]2CCCCC2)C1. The number of para-hydroxylation sites is 1. The lowest BCUT2D eigenvalue weighted by Gasteiger charge is -2.31. The zero-order valence-corrected chi connectivity index (χ0v) is 15.4. The molecule has 4 nitrogen and oxygen atoms in total. The summed E-state index contributed by atoms with van der Waals surface area (Å²) in [6, 6.07) is 8.03. The molecule has 138 valence electrons. The van der Waals surface area contributed by atoms with Gasteiger partial charge >= 0.3 is 0 Å². The second-order valence-electron chi connectivity index (χ2n) is 7.61. The number of ether oxygens (including phenoxy) is 2. The Balaban J connectivity index is 1.58. The molecule has 0 bridgehead atoms. The van der Waals surface area contributed by atoms with Gasteiger partial charge in [0.25, 0.3) is 0 Å². The van der Waals surface area contributed by atoms with Gasteiger partial charge in [0.15, 0.2) is 0 Å². The number of piperidine rings is 1. The fourth-order valence-corrected chi connectivity index (χ4v) is 4.02. The Labute approximate surface area is 151 Å². The van der Waals surface area contributed by atoms with Crippen molar-refractivity contribution in [3.05, 3.63) is 42.0 Å². The summed E-state index contributed by atoms with van der Waals surface area (Å²) >= 11 is 0. The van der Waals surface area contributed by atoms with Crippen LogP contribution >= 0.6 is 0 Å². The average molecular weight is 346 g/mol. The highest BCUT2D eigenvalue weighted by atomic mass is 16.5. The normalized spacial score (nSPS) is 26.4. The second kappa shape index (κ2) is 8.84. The molecule has 0 radical (unpaired) electrons. The van der Waals surface area contributed by atoms with E-state index in [9.17, 15) is 5.11 Å². The van der Waals surface area contributed by atoms with Crippen LogP contribution in [0, 0.1) is 0 Å². The number of likely N-dealkylation sites (tertiary alicyclic amines) is 1. The van der Waals surface area contributed by atoms with Crippen LogP contribution in [-0.2, 0) is 4.74 Å². The third-order valence-electron chi connectivity index (χ3n) is 5.23. The Hall–Kier alpha value is -1.36. The summed E-state index contributed by atoms with van der Waals surface area (Å²) in [6.45, 7) is 9.69. The van der Waals surface area contributed by atoms with Gasteiger partial charge in [-0.05, 0) is 45.1 Å². The van der Waals surface area contributed by atoms with Crippen molar-refractivity contribution in [2.75, 3.05) is 26.2 Å². The summed E-state index contributed by atoms with van der Waals surface area (Å²) in [7, 11) is 0. The first-order valence-electron chi connectivity index (χ1n) is 9.67. The molecule has 2 aliphatic rings. The maximum absolute atomic E-state index is 10.4. The van der Waals surface area contributed by atoms with Crippen molar-refractivity contribution in [1.29, 1.82) is 0 Å². The molecule has 0 saturated carbocycles. The van der Waals surface area contributed by atoms with E-state index in [-0.39, 0.29) is 12.2 Å². The van der Waals surface area contributed by atoms with Gasteiger partial charge in [-0.15, -0.1) is 0 Å². The van der Waals surface area contributed by atoms with E-state index in [0.29, 0.717) is 6.61 Å². The topological polar surface area (TPSA) is 43.1 Å². The highest BCUT2D eigenvalue weighted by Crippen LogP contribution is 2.37. The molecule has 4 heteroatoms. The van der Waals surface area contributed by atoms with Crippen molar-refractivity contribution < 1.29 is 19.5 Å². The number of hydrogen-bond acceptors (Lipinski definition) is 3. The van der Waals surface area contributed by atoms with Crippen LogP contribution < -0.4 is 9.64 Å². The van der Waals surface area contributed by atoms with Crippen molar-refractivity contribution >= 4 is 0 Å². The van der Waals surface area contributed by atoms with E-state index in [0.717, 1.165) is 30.7 Å². The van der Waals surface area contributed by atoms with Crippen molar-refractivity contribution in [2.45, 2.75) is 57.3 Å². The number of benzene rings is 1. The molecular weight excluding hydrogens is 314 g/mol. The van der Waals surface area contributed by atoms with Gasteiger partial charge in [0.1, 0.15) is 25.0 Å². The first-order chi connectivity index (χ1) is 12.1. The van der Waals surface area contributed by atoms with Crippen LogP contribution in [0.1, 0.15) is 50.7 Å². The zero-order chi connectivity index (χ0) is 17.6. The van der Waals surface area contributed by atoms with Crippen LogP contribution in [-0.4, -0.2) is 43.6 Å². The number of quaternary nitrogens is 1. The Morgan fingerprint density at radius 1 is 1.24 bits per heavy atom. The van der Waals surface area contributed by atoms with Crippen LogP contribution in [0.15, 0.2) is 36.4 Å². The predicted molar refractivity (Wildman–Crippen MR) is 99.0 cm³/mol. The van der Waals surface area contributed by atoms with E-state index in [1.807, 2.05) is 18.2 Å². The molecule has 0 aromatic heterocycles. The van der Waals surface area contributed by atoms with Gasteiger partial charge in [0.05, 0.1) is 25.3 Å². The largest absolute Gasteiger partial charge is 0.490 e. The molecule has 3 atom stereocenters. The molecule has 2 heterocycles. The standard InChI is InChI=1S/C21H31NO3/c1-16-12-17(2)25-21(13-16)19-8-4-5-9-20(19)24-15-18(23)14-22-10-6-3-7-11-22/h4-5,8-9,17-18,21,23H,1,3,6-7,10-15H2,2H3/p+1/t17-,18+,21+/m0/s1. The highest BCUT2D eigenvalue weighted by Gasteiger charge is 2.26. The minimum absolute atomic E-state index is 0.00249. The van der Waals surface area contributed by atoms with E-state index in [2.05, 4.69) is 19.6 Å². The second-order valence-corrected chi connectivity index (χ2v) is 7.61. The minimum Gasteiger partial charge on any atom is -0.490 e. The number of hydrogen-bond donors (Lipinski definition) is 2. The monoisotopic (exact) mass is 346 g/mol. The quantitative estimate of drug-likeness (QED) is 0.777. The Kier molecular flexibility index (Phi) is 6.51. The fraction of sp³-hybridized carbons (Fsp3) is 0.619. The minimum atomic E-state index is -0.428. The lowest BCUT2D eigenvalue weighted by atomic mass is 9.95. The molecule has 3 rings (SSSR count). The predicted octanol–water partition coefficient (Wildman–Crippen LogP) is 2.29. The van der Waals surface area contributed by atoms with Crippen molar-refractivity contribution in [3.8, 4) is 5.75 Å². The van der Waals surface area contributed by atoms with E-state index >= 15 is 0 Å². The van der Waals surface area contributed by atoms with E-state index in [1.54, 1.807) is 0 Å². The molecule has 2 saturated heterocycles. The van der Waals surface area contributed by atoms with Crippen LogP contribution in [0.4, 0.5) is 0 Å². The molecule has 25 heavy (non-hydrogen) atoms. The maximum Gasteiger partial charge on any atom is 0.137 e. The zero-order valence-electron chi connectivity index (χ0n) is 15.4. The Bertz CT molecular complexity index is 568. The molecular formula is C21H32NO3+. The first-order valence-corrected chi connectivity index (χ1v) is 9.67. The average Bonchev–Trinajstić information content (AvgIpc) is 2.60. The number of nitrogens with one attached hydrogen (secondary N) is 1. The van der Waals surface area contributed by atoms with E-state index in [1.165, 1.54) is 42.8 Å². The van der Waals surface area contributed by atoms with Crippen LogP contribution in [0.2, 0.25) is 0 Å². The van der Waals surface area contributed by atoms with Crippen LogP contribution in [0.5, 0.6) is 5.75 Å². The summed E-state index contributed by atoms with van der Waals surface area (Å²) in [5.41, 5.74) is 2.29. The first kappa shape index (κ1) is 18.4. The molecule has 0 spiro atoms. The van der Waals surface area contributed by atoms with Crippen molar-refractivity contribution in [1.82, 2.24) is 0 Å². The molecule has 0 amide bonds. The van der Waals surface area contributed by atoms with Gasteiger partial charge in [0, 0.05) is 5.56 Å². The van der Waals surface area contributed by atoms with Gasteiger partial charge in [0.2, 0.25) is 0 Å². The van der Waals surface area contributed by atoms with Gasteiger partial charge in [-0.25, -0.2) is 0 Å². The molecule has 2 fully saturated rings. The van der Waals surface area contributed by atoms with Crippen molar-refractivity contribution in [2.24, 2.45) is 0 Å². The molecule has 2 N–H and O–H groups in total. The van der Waals surface area contributed by atoms with Crippen LogP contribution in [0.3, 0.4) is 0 Å². The lowest BCUT2D eigenvalue weighted by Crippen LogP contribution is -3.14. The smallest absolute Gasteiger partial charge is 0.137 e. The Morgan fingerprint density at radius 3 is 2.76 bits per heavy atom. The molecule has 2 aliphatic heterocycles. The highest BCUT2D eigenvalue weighted by molar-refractivity contribution is 5.36. The number of aliphatic hydroxyl groups excluding tert-OH is 1. The molecule has 0 unspecified atom stereocenters. The number of rotatable bonds is 6. The summed E-state index contributed by atoms with van der Waals surface area (Å²) in [5.74, 6) is 0.821. The van der Waals surface area contributed by atoms with Gasteiger partial charge in [-0.3, -0.25) is 0 Å². The lowest BCUT2D eigenvalue weighted by molar-refractivity contribution is -0.908. The third-order valence-corrected chi connectivity index (χ3v) is 5.23. The van der Waals surface area contributed by atoms with Crippen LogP contribution in [0.25, 0.3) is 0 Å². The summed E-state index contributed by atoms with van der Waals surface area (Å²) in [4.78, 5) is 1.50. The van der Waals surface area contributed by atoms with E-state index in [4.69, 9.17) is 9.47 Å². The molecule has 1 aromatic rings. The van der Waals surface area contributed by atoms with Gasteiger partial charge in [-0.2, -0.15) is 0 Å². The summed E-state index contributed by atoms with van der Waals surface area (Å²) in [5, 5.41) is 10.4. The summed E-state index contributed by atoms with van der Waals surface area (Å²) < 4.78 is 12.1. The fourth-order valence-electron chi connectivity index (χ4n) is 4.02. The summed E-state index contributed by atoms with van der Waals surface area (Å²) in [6.07, 6.45) is 5.39. The van der Waals surface area contributed by atoms with Gasteiger partial charge in [-0.1, -0.05) is 30.4 Å². The molecule has 1 aromatic carbocycles. The van der Waals surface area contributed by atoms with Crippen molar-refractivity contribution in [3.63, 3.8) is 0 Å².